The van der Waals surface area contributed by atoms with Crippen molar-refractivity contribution in [3.63, 3.8) is 0 Å². The zero-order chi connectivity index (χ0) is 13.2. The van der Waals surface area contributed by atoms with Gasteiger partial charge in [-0.15, -0.1) is 11.3 Å². The highest BCUT2D eigenvalue weighted by Gasteiger charge is 2.22. The molecule has 1 aliphatic heterocycles. The minimum atomic E-state index is -0.106. The van der Waals surface area contributed by atoms with Gasteiger partial charge in [-0.2, -0.15) is 0 Å². The van der Waals surface area contributed by atoms with Crippen molar-refractivity contribution in [2.75, 3.05) is 17.6 Å². The quantitative estimate of drug-likeness (QED) is 0.829. The number of rotatable bonds is 1. The van der Waals surface area contributed by atoms with Gasteiger partial charge in [-0.3, -0.25) is 5.32 Å². The van der Waals surface area contributed by atoms with Crippen molar-refractivity contribution in [3.05, 3.63) is 35.0 Å². The number of urea groups is 1. The molecule has 0 bridgehead atoms. The number of nitrogen functional groups attached to an aromatic ring is 1. The predicted molar refractivity (Wildman–Crippen MR) is 73.9 cm³/mol. The fourth-order valence-corrected chi connectivity index (χ4v) is 2.63. The third kappa shape index (κ3) is 2.50. The lowest BCUT2D eigenvalue weighted by atomic mass is 10.1. The van der Waals surface area contributed by atoms with E-state index in [-0.39, 0.29) is 12.0 Å². The van der Waals surface area contributed by atoms with Gasteiger partial charge < -0.3 is 10.6 Å². The second-order valence-electron chi connectivity index (χ2n) is 4.28. The molecule has 1 aliphatic rings. The molecule has 3 N–H and O–H groups in total. The first-order valence-corrected chi connectivity index (χ1v) is 6.80. The van der Waals surface area contributed by atoms with Gasteiger partial charge in [-0.1, -0.05) is 0 Å². The first-order valence-electron chi connectivity index (χ1n) is 5.92. The minimum absolute atomic E-state index is 0.106. The van der Waals surface area contributed by atoms with Gasteiger partial charge >= 0.3 is 6.03 Å². The summed E-state index contributed by atoms with van der Waals surface area (Å²) in [5.41, 5.74) is 7.47. The van der Waals surface area contributed by atoms with E-state index in [2.05, 4.69) is 15.3 Å². The molecular weight excluding hydrogens is 262 g/mol. The summed E-state index contributed by atoms with van der Waals surface area (Å²) in [6.45, 7) is 1.14. The summed E-state index contributed by atoms with van der Waals surface area (Å²) in [6, 6.07) is 3.67. The van der Waals surface area contributed by atoms with Crippen LogP contribution < -0.4 is 11.1 Å². The van der Waals surface area contributed by atoms with E-state index in [0.717, 1.165) is 22.7 Å². The molecule has 0 fully saturated rings. The van der Waals surface area contributed by atoms with E-state index in [0.29, 0.717) is 13.1 Å². The summed E-state index contributed by atoms with van der Waals surface area (Å²) in [5, 5.41) is 5.64. The van der Waals surface area contributed by atoms with Crippen molar-refractivity contribution in [3.8, 4) is 0 Å². The van der Waals surface area contributed by atoms with E-state index >= 15 is 0 Å². The number of nitrogens with zero attached hydrogens (tertiary/aromatic N) is 3. The Balaban J connectivity index is 1.72. The van der Waals surface area contributed by atoms with Gasteiger partial charge in [-0.25, -0.2) is 14.8 Å². The molecule has 0 aliphatic carbocycles. The fourth-order valence-electron chi connectivity index (χ4n) is 2.03. The van der Waals surface area contributed by atoms with Crippen molar-refractivity contribution in [2.24, 2.45) is 0 Å². The number of nitrogens with two attached hydrogens (primary N) is 1. The fraction of sp³-hybridized carbons (Fsp3) is 0.250. The molecule has 2 aromatic rings. The number of thiophene rings is 1. The van der Waals surface area contributed by atoms with Crippen LogP contribution in [0.3, 0.4) is 0 Å². The number of carbonyl (C=O) groups excluding carboxylic acids is 1. The third-order valence-electron chi connectivity index (χ3n) is 3.00. The van der Waals surface area contributed by atoms with E-state index < -0.39 is 0 Å². The SMILES string of the molecule is Nc1ncc2c(n1)CN(C(=O)Nc1cccs1)CC2. The Morgan fingerprint density at radius 3 is 3.21 bits per heavy atom. The molecule has 7 heteroatoms. The third-order valence-corrected chi connectivity index (χ3v) is 3.79. The second kappa shape index (κ2) is 4.85. The van der Waals surface area contributed by atoms with Crippen LogP contribution in [0.5, 0.6) is 0 Å². The van der Waals surface area contributed by atoms with E-state index in [4.69, 9.17) is 5.73 Å². The van der Waals surface area contributed by atoms with Crippen molar-refractivity contribution >= 4 is 28.3 Å². The number of nitrogens with one attached hydrogen (secondary N) is 1. The van der Waals surface area contributed by atoms with Crippen LogP contribution in [0.4, 0.5) is 15.7 Å². The highest BCUT2D eigenvalue weighted by Crippen LogP contribution is 2.20. The Hall–Kier alpha value is -2.15. The summed E-state index contributed by atoms with van der Waals surface area (Å²) in [6.07, 6.45) is 2.50. The summed E-state index contributed by atoms with van der Waals surface area (Å²) < 4.78 is 0. The van der Waals surface area contributed by atoms with Crippen LogP contribution in [-0.2, 0) is 13.0 Å². The Labute approximate surface area is 114 Å². The number of hydrogen-bond donors (Lipinski definition) is 2. The van der Waals surface area contributed by atoms with Gasteiger partial charge in [0, 0.05) is 12.7 Å². The van der Waals surface area contributed by atoms with Crippen molar-refractivity contribution in [1.29, 1.82) is 0 Å². The Kier molecular flexibility index (Phi) is 3.04. The van der Waals surface area contributed by atoms with Crippen LogP contribution in [0.2, 0.25) is 0 Å². The predicted octanol–water partition coefficient (Wildman–Crippen LogP) is 1.71. The van der Waals surface area contributed by atoms with Crippen molar-refractivity contribution < 1.29 is 4.79 Å². The van der Waals surface area contributed by atoms with Gasteiger partial charge in [-0.05, 0) is 29.5 Å². The molecule has 0 saturated heterocycles. The van der Waals surface area contributed by atoms with E-state index in [1.165, 1.54) is 11.3 Å². The van der Waals surface area contributed by atoms with Crippen LogP contribution in [0, 0.1) is 0 Å². The lowest BCUT2D eigenvalue weighted by molar-refractivity contribution is 0.205. The molecule has 0 saturated carbocycles. The summed E-state index contributed by atoms with van der Waals surface area (Å²) in [5.74, 6) is 0.249. The molecule has 3 rings (SSSR count). The molecule has 6 nitrogen and oxygen atoms in total. The first kappa shape index (κ1) is 11.9. The Morgan fingerprint density at radius 2 is 2.42 bits per heavy atom. The van der Waals surface area contributed by atoms with Gasteiger partial charge in [0.25, 0.3) is 0 Å². The average Bonchev–Trinajstić information content (AvgIpc) is 2.90. The van der Waals surface area contributed by atoms with Crippen LogP contribution in [0.15, 0.2) is 23.7 Å². The van der Waals surface area contributed by atoms with Gasteiger partial charge in [0.2, 0.25) is 5.95 Å². The molecule has 0 atom stereocenters. The van der Waals surface area contributed by atoms with Crippen molar-refractivity contribution in [1.82, 2.24) is 14.9 Å². The number of fused-ring (bicyclic) bond motifs is 1. The summed E-state index contributed by atoms with van der Waals surface area (Å²) in [7, 11) is 0. The number of anilines is 2. The van der Waals surface area contributed by atoms with Crippen LogP contribution >= 0.6 is 11.3 Å². The lowest BCUT2D eigenvalue weighted by Crippen LogP contribution is -2.39. The normalized spacial score (nSPS) is 14.0. The Morgan fingerprint density at radius 1 is 1.53 bits per heavy atom. The topological polar surface area (TPSA) is 84.1 Å². The summed E-state index contributed by atoms with van der Waals surface area (Å²) >= 11 is 1.50. The second-order valence-corrected chi connectivity index (χ2v) is 5.23. The average molecular weight is 275 g/mol. The number of aromatic nitrogens is 2. The smallest absolute Gasteiger partial charge is 0.322 e. The monoisotopic (exact) mass is 275 g/mol. The van der Waals surface area contributed by atoms with E-state index in [1.807, 2.05) is 17.5 Å². The lowest BCUT2D eigenvalue weighted by Gasteiger charge is -2.27. The zero-order valence-corrected chi connectivity index (χ0v) is 11.0. The molecule has 3 heterocycles. The largest absolute Gasteiger partial charge is 0.368 e. The van der Waals surface area contributed by atoms with E-state index in [1.54, 1.807) is 11.1 Å². The molecule has 19 heavy (non-hydrogen) atoms. The molecule has 2 amide bonds. The zero-order valence-electron chi connectivity index (χ0n) is 10.2. The highest BCUT2D eigenvalue weighted by atomic mass is 32.1. The van der Waals surface area contributed by atoms with E-state index in [9.17, 15) is 4.79 Å². The van der Waals surface area contributed by atoms with Crippen molar-refractivity contribution in [2.45, 2.75) is 13.0 Å². The van der Waals surface area contributed by atoms with Crippen LogP contribution in [0.25, 0.3) is 0 Å². The maximum absolute atomic E-state index is 12.1. The van der Waals surface area contributed by atoms with Crippen LogP contribution in [0.1, 0.15) is 11.3 Å². The molecule has 0 spiro atoms. The van der Waals surface area contributed by atoms with Gasteiger partial charge in [0.1, 0.15) is 0 Å². The first-order chi connectivity index (χ1) is 9.22. The summed E-state index contributed by atoms with van der Waals surface area (Å²) in [4.78, 5) is 22.0. The maximum atomic E-state index is 12.1. The molecule has 98 valence electrons. The highest BCUT2D eigenvalue weighted by molar-refractivity contribution is 7.14. The van der Waals surface area contributed by atoms with Gasteiger partial charge in [0.15, 0.2) is 0 Å². The minimum Gasteiger partial charge on any atom is -0.368 e. The number of amides is 2. The number of carbonyl (C=O) groups is 1. The Bertz CT molecular complexity index is 598. The standard InChI is InChI=1S/C12H13N5OS/c13-11-14-6-8-3-4-17(7-9(8)15-11)12(18)16-10-2-1-5-19-10/h1-2,5-6H,3-4,7H2,(H,16,18)(H2,13,14,15). The van der Waals surface area contributed by atoms with Crippen LogP contribution in [-0.4, -0.2) is 27.4 Å². The molecule has 0 aromatic carbocycles. The molecular formula is C12H13N5OS. The molecule has 0 unspecified atom stereocenters. The molecule has 0 radical (unpaired) electrons. The molecule has 2 aromatic heterocycles. The number of hydrogen-bond acceptors (Lipinski definition) is 5. The maximum Gasteiger partial charge on any atom is 0.322 e. The van der Waals surface area contributed by atoms with Gasteiger partial charge in [0.05, 0.1) is 17.2 Å².